The van der Waals surface area contributed by atoms with Crippen LogP contribution in [0.2, 0.25) is 0 Å². The third-order valence-corrected chi connectivity index (χ3v) is 4.76. The molecule has 1 saturated carbocycles. The summed E-state index contributed by atoms with van der Waals surface area (Å²) < 4.78 is 32.2. The van der Waals surface area contributed by atoms with E-state index in [1.165, 1.54) is 19.2 Å². The molecule has 0 amide bonds. The maximum Gasteiger partial charge on any atom is 0.244 e. The lowest BCUT2D eigenvalue weighted by molar-refractivity contribution is 0.0967. The summed E-state index contributed by atoms with van der Waals surface area (Å²) in [6, 6.07) is 4.33. The maximum atomic E-state index is 12.3. The van der Waals surface area contributed by atoms with Gasteiger partial charge >= 0.3 is 0 Å². The molecule has 1 aliphatic carbocycles. The zero-order valence-corrected chi connectivity index (χ0v) is 12.7. The van der Waals surface area contributed by atoms with Gasteiger partial charge in [0.1, 0.15) is 10.6 Å². The molecule has 110 valence electrons. The van der Waals surface area contributed by atoms with Crippen LogP contribution in [0.4, 0.5) is 0 Å². The van der Waals surface area contributed by atoms with Crippen LogP contribution in [0, 0.1) is 5.92 Å². The first-order valence-corrected chi connectivity index (χ1v) is 8.08. The lowest BCUT2D eigenvalue weighted by Gasteiger charge is -2.13. The molecule has 1 fully saturated rings. The van der Waals surface area contributed by atoms with E-state index in [-0.39, 0.29) is 28.4 Å². The van der Waals surface area contributed by atoms with Gasteiger partial charge in [0.05, 0.1) is 7.11 Å². The van der Waals surface area contributed by atoms with Crippen LogP contribution in [0.5, 0.6) is 5.75 Å². The Kier molecular flexibility index (Phi) is 4.15. The zero-order chi connectivity index (χ0) is 14.9. The van der Waals surface area contributed by atoms with Crippen LogP contribution >= 0.6 is 0 Å². The van der Waals surface area contributed by atoms with Crippen molar-refractivity contribution in [1.82, 2.24) is 4.72 Å². The number of benzene rings is 1. The normalized spacial score (nSPS) is 15.4. The molecule has 0 radical (unpaired) electrons. The van der Waals surface area contributed by atoms with Crippen molar-refractivity contribution in [3.8, 4) is 5.75 Å². The molecule has 0 bridgehead atoms. The Balaban J connectivity index is 2.43. The quantitative estimate of drug-likeness (QED) is 0.815. The molecule has 1 N–H and O–H groups in total. The predicted molar refractivity (Wildman–Crippen MR) is 75.5 cm³/mol. The van der Waals surface area contributed by atoms with E-state index >= 15 is 0 Å². The maximum absolute atomic E-state index is 12.3. The fourth-order valence-electron chi connectivity index (χ4n) is 1.99. The van der Waals surface area contributed by atoms with Crippen LogP contribution in [-0.4, -0.2) is 27.4 Å². The summed E-state index contributed by atoms with van der Waals surface area (Å²) in [7, 11) is -2.28. The van der Waals surface area contributed by atoms with Gasteiger partial charge in [0.2, 0.25) is 10.0 Å². The predicted octanol–water partition coefficient (Wildman–Crippen LogP) is 1.97. The van der Waals surface area contributed by atoms with Gasteiger partial charge in [-0.05, 0) is 44.9 Å². The Morgan fingerprint density at radius 2 is 2.00 bits per heavy atom. The summed E-state index contributed by atoms with van der Waals surface area (Å²) in [5.41, 5.74) is 0.428. The van der Waals surface area contributed by atoms with Crippen LogP contribution in [0.15, 0.2) is 23.1 Å². The molecule has 6 heteroatoms. The molecule has 1 aromatic rings. The van der Waals surface area contributed by atoms with Crippen molar-refractivity contribution in [2.75, 3.05) is 7.11 Å². The molecule has 0 aromatic heterocycles. The van der Waals surface area contributed by atoms with Gasteiger partial charge in [0.15, 0.2) is 5.78 Å². The first-order valence-electron chi connectivity index (χ1n) is 6.59. The molecule has 0 saturated heterocycles. The van der Waals surface area contributed by atoms with Gasteiger partial charge in [0.25, 0.3) is 0 Å². The minimum absolute atomic E-state index is 0.00801. The van der Waals surface area contributed by atoms with E-state index in [1.807, 2.05) is 0 Å². The molecule has 0 aliphatic heterocycles. The smallest absolute Gasteiger partial charge is 0.244 e. The number of sulfonamides is 1. The Morgan fingerprint density at radius 3 is 2.50 bits per heavy atom. The van der Waals surface area contributed by atoms with Crippen molar-refractivity contribution in [3.05, 3.63) is 23.8 Å². The van der Waals surface area contributed by atoms with Crippen LogP contribution in [0.25, 0.3) is 0 Å². The monoisotopic (exact) mass is 297 g/mol. The number of methoxy groups -OCH3 is 1. The van der Waals surface area contributed by atoms with E-state index in [1.54, 1.807) is 19.9 Å². The van der Waals surface area contributed by atoms with E-state index in [2.05, 4.69) is 4.72 Å². The molecule has 5 nitrogen and oxygen atoms in total. The number of carbonyl (C=O) groups is 1. The zero-order valence-electron chi connectivity index (χ0n) is 11.8. The van der Waals surface area contributed by atoms with E-state index < -0.39 is 10.0 Å². The molecule has 0 unspecified atom stereocenters. The second-order valence-corrected chi connectivity index (χ2v) is 6.96. The second-order valence-electron chi connectivity index (χ2n) is 5.28. The van der Waals surface area contributed by atoms with Crippen LogP contribution in [0.1, 0.15) is 37.0 Å². The average Bonchev–Trinajstić information content (AvgIpc) is 3.20. The third kappa shape index (κ3) is 3.19. The van der Waals surface area contributed by atoms with Crippen molar-refractivity contribution in [2.24, 2.45) is 5.92 Å². The Hall–Kier alpha value is -1.40. The summed E-state index contributed by atoms with van der Waals surface area (Å²) in [5.74, 6) is 0.302. The van der Waals surface area contributed by atoms with Crippen molar-refractivity contribution in [1.29, 1.82) is 0 Å². The Morgan fingerprint density at radius 1 is 1.35 bits per heavy atom. The second kappa shape index (κ2) is 5.54. The van der Waals surface area contributed by atoms with Gasteiger partial charge in [0, 0.05) is 17.5 Å². The van der Waals surface area contributed by atoms with Crippen LogP contribution in [-0.2, 0) is 10.0 Å². The van der Waals surface area contributed by atoms with Gasteiger partial charge in [-0.15, -0.1) is 0 Å². The van der Waals surface area contributed by atoms with E-state index in [4.69, 9.17) is 4.74 Å². The summed E-state index contributed by atoms with van der Waals surface area (Å²) in [6.07, 6.45) is 1.77. The van der Waals surface area contributed by atoms with E-state index in [9.17, 15) is 13.2 Å². The third-order valence-electron chi connectivity index (χ3n) is 3.08. The van der Waals surface area contributed by atoms with Gasteiger partial charge in [-0.25, -0.2) is 13.1 Å². The van der Waals surface area contributed by atoms with Crippen molar-refractivity contribution < 1.29 is 17.9 Å². The molecule has 2 rings (SSSR count). The van der Waals surface area contributed by atoms with E-state index in [0.717, 1.165) is 12.8 Å². The molecule has 20 heavy (non-hydrogen) atoms. The standard InChI is InChI=1S/C14H19NO4S/c1-9(2)15-20(17,18)13-8-11(6-7-12(13)19-3)14(16)10-4-5-10/h6-10,15H,4-5H2,1-3H3. The summed E-state index contributed by atoms with van der Waals surface area (Å²) in [4.78, 5) is 12.1. The topological polar surface area (TPSA) is 72.5 Å². The van der Waals surface area contributed by atoms with Gasteiger partial charge in [-0.2, -0.15) is 0 Å². The number of hydrogen-bond acceptors (Lipinski definition) is 4. The number of nitrogens with one attached hydrogen (secondary N) is 1. The molecule has 0 spiro atoms. The van der Waals surface area contributed by atoms with Crippen molar-refractivity contribution in [2.45, 2.75) is 37.6 Å². The van der Waals surface area contributed by atoms with Crippen molar-refractivity contribution in [3.63, 3.8) is 0 Å². The molecule has 1 aliphatic rings. The van der Waals surface area contributed by atoms with Crippen LogP contribution in [0.3, 0.4) is 0 Å². The fourth-order valence-corrected chi connectivity index (χ4v) is 3.44. The number of Topliss-reactive ketones (excluding diaryl/α,β-unsaturated/α-hetero) is 1. The lowest BCUT2D eigenvalue weighted by Crippen LogP contribution is -2.30. The fraction of sp³-hybridized carbons (Fsp3) is 0.500. The highest BCUT2D eigenvalue weighted by molar-refractivity contribution is 7.89. The molecule has 1 aromatic carbocycles. The van der Waals surface area contributed by atoms with Crippen LogP contribution < -0.4 is 9.46 Å². The largest absolute Gasteiger partial charge is 0.495 e. The number of rotatable bonds is 6. The minimum atomic E-state index is -3.69. The summed E-state index contributed by atoms with van der Waals surface area (Å²) in [5, 5.41) is 0. The average molecular weight is 297 g/mol. The summed E-state index contributed by atoms with van der Waals surface area (Å²) in [6.45, 7) is 3.48. The SMILES string of the molecule is COc1ccc(C(=O)C2CC2)cc1S(=O)(=O)NC(C)C. The van der Waals surface area contributed by atoms with Gasteiger partial charge in [-0.3, -0.25) is 4.79 Å². The Labute approximate surface area is 119 Å². The molecular weight excluding hydrogens is 278 g/mol. The Bertz CT molecular complexity index is 618. The molecule has 0 heterocycles. The highest BCUT2D eigenvalue weighted by Gasteiger charge is 2.31. The number of ketones is 1. The molecule has 0 atom stereocenters. The number of hydrogen-bond donors (Lipinski definition) is 1. The molecular formula is C14H19NO4S. The van der Waals surface area contributed by atoms with Gasteiger partial charge in [-0.1, -0.05) is 0 Å². The lowest BCUT2D eigenvalue weighted by atomic mass is 10.1. The first-order chi connectivity index (χ1) is 9.35. The van der Waals surface area contributed by atoms with Crippen molar-refractivity contribution >= 4 is 15.8 Å². The van der Waals surface area contributed by atoms with Gasteiger partial charge < -0.3 is 4.74 Å². The highest BCUT2D eigenvalue weighted by atomic mass is 32.2. The number of carbonyl (C=O) groups excluding carboxylic acids is 1. The number of ether oxygens (including phenoxy) is 1. The van der Waals surface area contributed by atoms with E-state index in [0.29, 0.717) is 5.56 Å². The first kappa shape index (κ1) is 15.0. The highest BCUT2D eigenvalue weighted by Crippen LogP contribution is 2.34. The summed E-state index contributed by atoms with van der Waals surface area (Å²) >= 11 is 0. The minimum Gasteiger partial charge on any atom is -0.495 e.